The van der Waals surface area contributed by atoms with Crippen LogP contribution in [0.2, 0.25) is 0 Å². The van der Waals surface area contributed by atoms with Crippen LogP contribution < -0.4 is 10.5 Å². The highest BCUT2D eigenvalue weighted by Gasteiger charge is 2.44. The number of rotatable bonds is 5. The van der Waals surface area contributed by atoms with Gasteiger partial charge >= 0.3 is 0 Å². The van der Waals surface area contributed by atoms with Gasteiger partial charge in [-0.05, 0) is 36.0 Å². The number of Topliss-reactive ketones (excluding diaryl/α,β-unsaturated/α-hetero) is 1. The minimum absolute atomic E-state index is 0.0809. The van der Waals surface area contributed by atoms with Crippen LogP contribution in [0.4, 0.5) is 0 Å². The highest BCUT2D eigenvalue weighted by molar-refractivity contribution is 6.00. The van der Waals surface area contributed by atoms with E-state index in [2.05, 4.69) is 19.9 Å². The summed E-state index contributed by atoms with van der Waals surface area (Å²) in [6.07, 6.45) is 1.18. The minimum Gasteiger partial charge on any atom is -0.496 e. The Labute approximate surface area is 172 Å². The topological polar surface area (TPSA) is 88.6 Å². The Balaban J connectivity index is 2.22. The highest BCUT2D eigenvalue weighted by Crippen LogP contribution is 2.49. The molecule has 1 aliphatic heterocycles. The van der Waals surface area contributed by atoms with E-state index in [0.717, 1.165) is 29.0 Å². The smallest absolute Gasteiger partial charge is 0.162 e. The molecule has 0 bridgehead atoms. The third-order valence-electron chi connectivity index (χ3n) is 5.76. The van der Waals surface area contributed by atoms with Crippen molar-refractivity contribution in [3.63, 3.8) is 0 Å². The van der Waals surface area contributed by atoms with E-state index in [1.165, 1.54) is 0 Å². The van der Waals surface area contributed by atoms with E-state index in [-0.39, 0.29) is 11.2 Å². The highest BCUT2D eigenvalue weighted by atomic mass is 16.5. The summed E-state index contributed by atoms with van der Waals surface area (Å²) in [7, 11) is 3.26. The first-order valence-corrected chi connectivity index (χ1v) is 9.81. The van der Waals surface area contributed by atoms with Crippen molar-refractivity contribution >= 4 is 5.78 Å². The summed E-state index contributed by atoms with van der Waals surface area (Å²) in [6, 6.07) is 8.07. The number of carbonyl (C=O) groups is 1. The molecule has 0 spiro atoms. The van der Waals surface area contributed by atoms with E-state index in [1.54, 1.807) is 14.2 Å². The molecule has 2 N–H and O–H groups in total. The summed E-state index contributed by atoms with van der Waals surface area (Å²) in [5.41, 5.74) is 10.2. The first-order valence-electron chi connectivity index (χ1n) is 9.81. The molecule has 1 aliphatic carbocycles. The van der Waals surface area contributed by atoms with Crippen LogP contribution in [0.5, 0.6) is 5.75 Å². The molecule has 29 heavy (non-hydrogen) atoms. The van der Waals surface area contributed by atoms with Crippen LogP contribution in [-0.2, 0) is 9.53 Å². The van der Waals surface area contributed by atoms with Gasteiger partial charge in [0.15, 0.2) is 5.78 Å². The summed E-state index contributed by atoms with van der Waals surface area (Å²) in [4.78, 5) is 15.2. The Bertz CT molecular complexity index is 937. The molecule has 0 fully saturated rings. The van der Waals surface area contributed by atoms with Crippen molar-refractivity contribution < 1.29 is 14.3 Å². The fourth-order valence-electron chi connectivity index (χ4n) is 4.43. The molecule has 1 aromatic rings. The predicted octanol–water partition coefficient (Wildman–Crippen LogP) is 3.39. The number of nitriles is 1. The molecule has 1 atom stereocenters. The number of hydrogen-bond acceptors (Lipinski definition) is 6. The fourth-order valence-corrected chi connectivity index (χ4v) is 4.43. The Kier molecular flexibility index (Phi) is 5.72. The van der Waals surface area contributed by atoms with E-state index < -0.39 is 5.92 Å². The van der Waals surface area contributed by atoms with Crippen LogP contribution in [0.1, 0.15) is 43.7 Å². The molecule has 0 saturated carbocycles. The van der Waals surface area contributed by atoms with Gasteiger partial charge in [0.05, 0.1) is 31.3 Å². The standard InChI is InChI=1S/C23H29N3O3/c1-14-10-15(6-7-19(14)29-5)20-16(13-24)22(25)26(8-9-28-4)17-11-23(2,3)12-18(27)21(17)20/h6-7,10,20H,8-9,11-12,25H2,1-5H3/t20-/m0/s1. The molecular weight excluding hydrogens is 366 g/mol. The van der Waals surface area contributed by atoms with Crippen molar-refractivity contribution in [1.29, 1.82) is 5.26 Å². The number of benzene rings is 1. The van der Waals surface area contributed by atoms with Crippen LogP contribution in [0.3, 0.4) is 0 Å². The summed E-state index contributed by atoms with van der Waals surface area (Å²) < 4.78 is 10.6. The zero-order valence-electron chi connectivity index (χ0n) is 17.8. The lowest BCUT2D eigenvalue weighted by molar-refractivity contribution is -0.118. The maximum atomic E-state index is 13.3. The van der Waals surface area contributed by atoms with Crippen molar-refractivity contribution in [2.45, 2.75) is 39.5 Å². The second-order valence-electron chi connectivity index (χ2n) is 8.52. The van der Waals surface area contributed by atoms with E-state index >= 15 is 0 Å². The zero-order valence-corrected chi connectivity index (χ0v) is 17.8. The van der Waals surface area contributed by atoms with Gasteiger partial charge in [-0.1, -0.05) is 26.0 Å². The Hall–Kier alpha value is -2.78. The number of methoxy groups -OCH3 is 2. The predicted molar refractivity (Wildman–Crippen MR) is 111 cm³/mol. The van der Waals surface area contributed by atoms with Gasteiger partial charge in [-0.3, -0.25) is 4.79 Å². The van der Waals surface area contributed by atoms with E-state index in [4.69, 9.17) is 15.2 Å². The molecule has 0 unspecified atom stereocenters. The third kappa shape index (κ3) is 3.75. The molecule has 6 nitrogen and oxygen atoms in total. The van der Waals surface area contributed by atoms with Crippen molar-refractivity contribution in [2.24, 2.45) is 11.1 Å². The lowest BCUT2D eigenvalue weighted by Gasteiger charge is -2.43. The van der Waals surface area contributed by atoms with Crippen molar-refractivity contribution in [3.05, 3.63) is 52.0 Å². The number of aryl methyl sites for hydroxylation is 1. The number of nitrogens with two attached hydrogens (primary N) is 1. The lowest BCUT2D eigenvalue weighted by Crippen LogP contribution is -2.43. The van der Waals surface area contributed by atoms with E-state index in [1.807, 2.05) is 30.0 Å². The number of ether oxygens (including phenoxy) is 2. The minimum atomic E-state index is -0.456. The van der Waals surface area contributed by atoms with Gasteiger partial charge < -0.3 is 20.1 Å². The molecule has 6 heteroatoms. The molecule has 2 aliphatic rings. The maximum Gasteiger partial charge on any atom is 0.162 e. The Morgan fingerprint density at radius 1 is 1.31 bits per heavy atom. The summed E-state index contributed by atoms with van der Waals surface area (Å²) >= 11 is 0. The van der Waals surface area contributed by atoms with Gasteiger partial charge in [-0.15, -0.1) is 0 Å². The molecular formula is C23H29N3O3. The van der Waals surface area contributed by atoms with Crippen LogP contribution in [0, 0.1) is 23.7 Å². The van der Waals surface area contributed by atoms with Gasteiger partial charge in [0, 0.05) is 31.3 Å². The average Bonchev–Trinajstić information content (AvgIpc) is 2.65. The van der Waals surface area contributed by atoms with Crippen molar-refractivity contribution in [3.8, 4) is 11.8 Å². The van der Waals surface area contributed by atoms with Gasteiger partial charge in [0.1, 0.15) is 11.6 Å². The number of nitrogens with zero attached hydrogens (tertiary/aromatic N) is 2. The lowest BCUT2D eigenvalue weighted by atomic mass is 9.68. The molecule has 0 amide bonds. The SMILES string of the molecule is COCCN1C(N)=C(C#N)[C@H](c2ccc(OC)c(C)c2)C2=C1CC(C)(C)CC2=O. The molecule has 1 aromatic carbocycles. The normalized spacial score (nSPS) is 21.2. The Morgan fingerprint density at radius 2 is 2.03 bits per heavy atom. The first kappa shape index (κ1) is 20.9. The molecule has 1 heterocycles. The molecule has 0 aromatic heterocycles. The number of ketones is 1. The summed E-state index contributed by atoms with van der Waals surface area (Å²) in [6.45, 7) is 7.10. The molecule has 3 rings (SSSR count). The maximum absolute atomic E-state index is 13.3. The first-order chi connectivity index (χ1) is 13.7. The van der Waals surface area contributed by atoms with Crippen LogP contribution in [0.25, 0.3) is 0 Å². The number of allylic oxidation sites excluding steroid dienone is 3. The monoisotopic (exact) mass is 395 g/mol. The largest absolute Gasteiger partial charge is 0.496 e. The van der Waals surface area contributed by atoms with Gasteiger partial charge in [0.25, 0.3) is 0 Å². The molecule has 0 saturated heterocycles. The Morgan fingerprint density at radius 3 is 2.62 bits per heavy atom. The second kappa shape index (κ2) is 7.92. The van der Waals surface area contributed by atoms with Gasteiger partial charge in [0.2, 0.25) is 0 Å². The number of carbonyl (C=O) groups excluding carboxylic acids is 1. The third-order valence-corrected chi connectivity index (χ3v) is 5.76. The molecule has 154 valence electrons. The zero-order chi connectivity index (χ0) is 21.3. The van der Waals surface area contributed by atoms with Crippen molar-refractivity contribution in [2.75, 3.05) is 27.4 Å². The molecule has 0 radical (unpaired) electrons. The van der Waals surface area contributed by atoms with E-state index in [9.17, 15) is 10.1 Å². The van der Waals surface area contributed by atoms with Crippen molar-refractivity contribution in [1.82, 2.24) is 4.90 Å². The van der Waals surface area contributed by atoms with Crippen LogP contribution in [-0.4, -0.2) is 38.1 Å². The average molecular weight is 396 g/mol. The second-order valence-corrected chi connectivity index (χ2v) is 8.52. The van der Waals surface area contributed by atoms with Crippen LogP contribution >= 0.6 is 0 Å². The fraction of sp³-hybridized carbons (Fsp3) is 0.478. The van der Waals surface area contributed by atoms with Gasteiger partial charge in [-0.25, -0.2) is 0 Å². The quantitative estimate of drug-likeness (QED) is 0.822. The van der Waals surface area contributed by atoms with E-state index in [0.29, 0.717) is 36.5 Å². The number of hydrogen-bond donors (Lipinski definition) is 1. The summed E-state index contributed by atoms with van der Waals surface area (Å²) in [5, 5.41) is 9.98. The summed E-state index contributed by atoms with van der Waals surface area (Å²) in [5.74, 6) is 0.804. The van der Waals surface area contributed by atoms with Gasteiger partial charge in [-0.2, -0.15) is 5.26 Å². The van der Waals surface area contributed by atoms with Crippen LogP contribution in [0.15, 0.2) is 40.9 Å².